The van der Waals surface area contributed by atoms with Gasteiger partial charge < -0.3 is 5.32 Å². The van der Waals surface area contributed by atoms with Crippen molar-refractivity contribution in [2.45, 2.75) is 27.1 Å². The summed E-state index contributed by atoms with van der Waals surface area (Å²) in [6.45, 7) is 0.807. The van der Waals surface area contributed by atoms with Gasteiger partial charge in [0.25, 0.3) is 0 Å². The molecule has 142 valence electrons. The smallest absolute Gasteiger partial charge is 0.247 e. The van der Waals surface area contributed by atoms with Crippen LogP contribution in [0.4, 0.5) is 0 Å². The third-order valence-electron chi connectivity index (χ3n) is 3.75. The van der Waals surface area contributed by atoms with E-state index in [-0.39, 0.29) is 14.0 Å². The molecule has 0 amide bonds. The van der Waals surface area contributed by atoms with E-state index in [9.17, 15) is 16.8 Å². The standard InChI is InChI=1S/C17H17N3O4S3/c18-27(23,24)17-9-15(12-25-17)26(21,22)16-7-2-1-5-13(16)10-19-11-14-6-3-4-8-20-14/h1-9,12,19H,10-11H2,(H2,18,23,24). The maximum Gasteiger partial charge on any atom is 0.247 e. The highest BCUT2D eigenvalue weighted by Gasteiger charge is 2.24. The van der Waals surface area contributed by atoms with Gasteiger partial charge in [-0.1, -0.05) is 24.3 Å². The third kappa shape index (κ3) is 4.60. The molecule has 3 rings (SSSR count). The summed E-state index contributed by atoms with van der Waals surface area (Å²) >= 11 is 0.783. The lowest BCUT2D eigenvalue weighted by molar-refractivity contribution is 0.592. The van der Waals surface area contributed by atoms with Crippen molar-refractivity contribution in [1.82, 2.24) is 10.3 Å². The highest BCUT2D eigenvalue weighted by Crippen LogP contribution is 2.29. The quantitative estimate of drug-likeness (QED) is 0.599. The van der Waals surface area contributed by atoms with Crippen LogP contribution in [0.25, 0.3) is 0 Å². The molecule has 2 heterocycles. The lowest BCUT2D eigenvalue weighted by Gasteiger charge is -2.10. The molecule has 0 aliphatic carbocycles. The van der Waals surface area contributed by atoms with Gasteiger partial charge in [0, 0.05) is 24.7 Å². The Balaban J connectivity index is 1.85. The molecular weight excluding hydrogens is 406 g/mol. The van der Waals surface area contributed by atoms with Gasteiger partial charge in [-0.3, -0.25) is 4.98 Å². The van der Waals surface area contributed by atoms with Crippen LogP contribution in [0.5, 0.6) is 0 Å². The second-order valence-electron chi connectivity index (χ2n) is 5.68. The summed E-state index contributed by atoms with van der Waals surface area (Å²) in [5.41, 5.74) is 1.42. The number of aromatic nitrogens is 1. The van der Waals surface area contributed by atoms with Crippen LogP contribution < -0.4 is 10.5 Å². The van der Waals surface area contributed by atoms with E-state index in [4.69, 9.17) is 5.14 Å². The van der Waals surface area contributed by atoms with Gasteiger partial charge in [0.15, 0.2) is 0 Å². The Morgan fingerprint density at radius 2 is 1.74 bits per heavy atom. The lowest BCUT2D eigenvalue weighted by atomic mass is 10.2. The normalized spacial score (nSPS) is 12.2. The number of primary sulfonamides is 1. The van der Waals surface area contributed by atoms with Gasteiger partial charge in [0.05, 0.1) is 15.5 Å². The fraction of sp³-hybridized carbons (Fsp3) is 0.118. The minimum Gasteiger partial charge on any atom is -0.307 e. The number of nitrogens with zero attached hydrogens (tertiary/aromatic N) is 1. The van der Waals surface area contributed by atoms with Crippen molar-refractivity contribution >= 4 is 31.2 Å². The van der Waals surface area contributed by atoms with Gasteiger partial charge in [-0.15, -0.1) is 11.3 Å². The maximum absolute atomic E-state index is 13.0. The van der Waals surface area contributed by atoms with Crippen LogP contribution in [0.15, 0.2) is 74.1 Å². The number of hydrogen-bond acceptors (Lipinski definition) is 7. The van der Waals surface area contributed by atoms with Gasteiger partial charge in [-0.05, 0) is 29.8 Å². The Morgan fingerprint density at radius 3 is 2.41 bits per heavy atom. The molecule has 0 aliphatic rings. The van der Waals surface area contributed by atoms with E-state index in [0.717, 1.165) is 23.1 Å². The lowest BCUT2D eigenvalue weighted by Crippen LogP contribution is -2.16. The van der Waals surface area contributed by atoms with E-state index in [0.29, 0.717) is 18.7 Å². The number of sulfonamides is 1. The van der Waals surface area contributed by atoms with Crippen molar-refractivity contribution in [1.29, 1.82) is 0 Å². The van der Waals surface area contributed by atoms with Crippen LogP contribution >= 0.6 is 11.3 Å². The molecule has 0 aliphatic heterocycles. The molecule has 3 N–H and O–H groups in total. The van der Waals surface area contributed by atoms with E-state index in [2.05, 4.69) is 10.3 Å². The highest BCUT2D eigenvalue weighted by molar-refractivity contribution is 7.92. The number of pyridine rings is 1. The van der Waals surface area contributed by atoms with Gasteiger partial charge in [-0.2, -0.15) is 0 Å². The van der Waals surface area contributed by atoms with Crippen LogP contribution in [-0.2, 0) is 33.0 Å². The SMILES string of the molecule is NS(=O)(=O)c1cc(S(=O)(=O)c2ccccc2CNCc2ccccn2)cs1. The van der Waals surface area contributed by atoms with Gasteiger partial charge >= 0.3 is 0 Å². The molecule has 0 fully saturated rings. The van der Waals surface area contributed by atoms with Crippen molar-refractivity contribution in [2.24, 2.45) is 5.14 Å². The molecule has 2 aromatic heterocycles. The first-order chi connectivity index (χ1) is 12.8. The monoisotopic (exact) mass is 423 g/mol. The summed E-state index contributed by atoms with van der Waals surface area (Å²) in [6, 6.07) is 13.3. The molecule has 3 aromatic rings. The molecule has 27 heavy (non-hydrogen) atoms. The van der Waals surface area contributed by atoms with E-state index in [1.54, 1.807) is 24.4 Å². The largest absolute Gasteiger partial charge is 0.307 e. The number of nitrogens with two attached hydrogens (primary N) is 1. The number of nitrogens with one attached hydrogen (secondary N) is 1. The number of rotatable bonds is 7. The summed E-state index contributed by atoms with van der Waals surface area (Å²) in [7, 11) is -7.81. The van der Waals surface area contributed by atoms with Crippen LogP contribution in [0.2, 0.25) is 0 Å². The Hall–Kier alpha value is -2.11. The molecule has 0 saturated heterocycles. The predicted molar refractivity (Wildman–Crippen MR) is 102 cm³/mol. The maximum atomic E-state index is 13.0. The average Bonchev–Trinajstić information content (AvgIpc) is 3.14. The number of thiophene rings is 1. The van der Waals surface area contributed by atoms with Crippen molar-refractivity contribution in [3.63, 3.8) is 0 Å². The molecule has 0 saturated carbocycles. The minimum absolute atomic E-state index is 0.0892. The minimum atomic E-state index is -3.94. The third-order valence-corrected chi connectivity index (χ3v) is 8.12. The summed E-state index contributed by atoms with van der Waals surface area (Å²) < 4.78 is 48.6. The number of hydrogen-bond donors (Lipinski definition) is 2. The Kier molecular flexibility index (Phi) is 5.72. The second-order valence-corrected chi connectivity index (χ2v) is 10.3. The molecule has 0 radical (unpaired) electrons. The van der Waals surface area contributed by atoms with Gasteiger partial charge in [0.1, 0.15) is 4.21 Å². The first-order valence-corrected chi connectivity index (χ1v) is 11.7. The molecule has 7 nitrogen and oxygen atoms in total. The zero-order valence-corrected chi connectivity index (χ0v) is 16.5. The fourth-order valence-electron chi connectivity index (χ4n) is 2.46. The van der Waals surface area contributed by atoms with Crippen molar-refractivity contribution < 1.29 is 16.8 Å². The van der Waals surface area contributed by atoms with E-state index in [1.165, 1.54) is 11.4 Å². The van der Waals surface area contributed by atoms with Gasteiger partial charge in [0.2, 0.25) is 19.9 Å². The molecule has 0 spiro atoms. The average molecular weight is 424 g/mol. The van der Waals surface area contributed by atoms with Crippen LogP contribution in [0.3, 0.4) is 0 Å². The van der Waals surface area contributed by atoms with Gasteiger partial charge in [-0.25, -0.2) is 22.0 Å². The van der Waals surface area contributed by atoms with Crippen molar-refractivity contribution in [3.05, 3.63) is 71.4 Å². The van der Waals surface area contributed by atoms with Crippen molar-refractivity contribution in [2.75, 3.05) is 0 Å². The summed E-state index contributed by atoms with van der Waals surface area (Å²) in [5.74, 6) is 0. The highest BCUT2D eigenvalue weighted by atomic mass is 32.2. The Labute approximate surface area is 161 Å². The van der Waals surface area contributed by atoms with E-state index in [1.807, 2.05) is 18.2 Å². The van der Waals surface area contributed by atoms with Crippen LogP contribution in [0.1, 0.15) is 11.3 Å². The number of sulfone groups is 1. The van der Waals surface area contributed by atoms with Crippen LogP contribution in [-0.4, -0.2) is 21.8 Å². The summed E-state index contributed by atoms with van der Waals surface area (Å²) in [6.07, 6.45) is 1.69. The number of benzene rings is 1. The molecule has 10 heteroatoms. The zero-order chi connectivity index (χ0) is 19.5. The second kappa shape index (κ2) is 7.87. The first-order valence-electron chi connectivity index (χ1n) is 7.83. The Morgan fingerprint density at radius 1 is 1.00 bits per heavy atom. The molecule has 0 unspecified atom stereocenters. The molecule has 0 atom stereocenters. The van der Waals surface area contributed by atoms with Crippen LogP contribution in [0, 0.1) is 0 Å². The summed E-state index contributed by atoms with van der Waals surface area (Å²) in [4.78, 5) is 4.24. The molecule has 1 aromatic carbocycles. The molecule has 0 bridgehead atoms. The predicted octanol–water partition coefficient (Wildman–Crippen LogP) is 1.91. The van der Waals surface area contributed by atoms with E-state index < -0.39 is 19.9 Å². The van der Waals surface area contributed by atoms with Crippen molar-refractivity contribution in [3.8, 4) is 0 Å². The van der Waals surface area contributed by atoms with E-state index >= 15 is 0 Å². The Bertz CT molecular complexity index is 1140. The summed E-state index contributed by atoms with van der Waals surface area (Å²) in [5, 5.41) is 9.53. The topological polar surface area (TPSA) is 119 Å². The molecular formula is C17H17N3O4S3. The zero-order valence-electron chi connectivity index (χ0n) is 14.1. The first kappa shape index (κ1) is 19.6. The fourth-order valence-corrected chi connectivity index (χ4v) is 6.00.